The third-order valence-electron chi connectivity index (χ3n) is 2.04. The minimum atomic E-state index is 0.307. The molecule has 0 saturated carbocycles. The molecule has 0 spiro atoms. The zero-order valence-electron chi connectivity index (χ0n) is 8.63. The van der Waals surface area contributed by atoms with E-state index in [0.29, 0.717) is 6.04 Å². The highest BCUT2D eigenvalue weighted by molar-refractivity contribution is 6.31. The summed E-state index contributed by atoms with van der Waals surface area (Å²) in [4.78, 5) is 0. The number of hydrogen-bond donors (Lipinski definition) is 1. The molecule has 1 heterocycles. The Morgan fingerprint density at radius 1 is 1.79 bits per heavy atom. The van der Waals surface area contributed by atoms with Gasteiger partial charge >= 0.3 is 0 Å². The summed E-state index contributed by atoms with van der Waals surface area (Å²) in [5, 5.41) is 8.27. The Kier molecular flexibility index (Phi) is 4.17. The summed E-state index contributed by atoms with van der Waals surface area (Å²) in [5.41, 5.74) is 0.877. The fraction of sp³-hybridized carbons (Fsp3) is 0.500. The van der Waals surface area contributed by atoms with Crippen LogP contribution in [0.5, 0.6) is 0 Å². The van der Waals surface area contributed by atoms with E-state index in [1.807, 2.05) is 23.9 Å². The lowest BCUT2D eigenvalue weighted by Crippen LogP contribution is -2.23. The largest absolute Gasteiger partial charge is 0.311 e. The highest BCUT2D eigenvalue weighted by Crippen LogP contribution is 2.15. The van der Waals surface area contributed by atoms with Gasteiger partial charge in [-0.05, 0) is 13.8 Å². The summed E-state index contributed by atoms with van der Waals surface area (Å²) >= 11 is 5.91. The second-order valence-electron chi connectivity index (χ2n) is 3.34. The van der Waals surface area contributed by atoms with Crippen LogP contribution in [0.4, 0.5) is 0 Å². The molecule has 1 aromatic rings. The van der Waals surface area contributed by atoms with Crippen LogP contribution >= 0.6 is 11.6 Å². The van der Waals surface area contributed by atoms with Crippen molar-refractivity contribution in [3.8, 4) is 0 Å². The standard InChI is InChI=1S/C10H16ClN3/c1-4-5-12-6-8(2)14-7-10(11)9(3)13-14/h4,7-8,12H,1,5-6H2,2-3H3. The maximum absolute atomic E-state index is 5.91. The predicted octanol–water partition coefficient (Wildman–Crippen LogP) is 2.18. The monoisotopic (exact) mass is 213 g/mol. The first-order valence-electron chi connectivity index (χ1n) is 4.68. The van der Waals surface area contributed by atoms with Crippen LogP contribution in [0, 0.1) is 6.92 Å². The van der Waals surface area contributed by atoms with E-state index in [2.05, 4.69) is 23.9 Å². The van der Waals surface area contributed by atoms with Crippen molar-refractivity contribution in [1.82, 2.24) is 15.1 Å². The summed E-state index contributed by atoms with van der Waals surface area (Å²) in [6.07, 6.45) is 3.70. The Bertz CT molecular complexity index is 287. The van der Waals surface area contributed by atoms with E-state index in [1.54, 1.807) is 0 Å². The van der Waals surface area contributed by atoms with Gasteiger partial charge in [0.25, 0.3) is 0 Å². The molecule has 0 saturated heterocycles. The van der Waals surface area contributed by atoms with E-state index in [-0.39, 0.29) is 0 Å². The molecule has 0 aliphatic heterocycles. The number of rotatable bonds is 5. The topological polar surface area (TPSA) is 29.9 Å². The quantitative estimate of drug-likeness (QED) is 0.600. The molecular weight excluding hydrogens is 198 g/mol. The molecule has 1 rings (SSSR count). The van der Waals surface area contributed by atoms with E-state index >= 15 is 0 Å². The lowest BCUT2D eigenvalue weighted by Gasteiger charge is -2.11. The van der Waals surface area contributed by atoms with E-state index in [0.717, 1.165) is 23.8 Å². The van der Waals surface area contributed by atoms with Gasteiger partial charge in [-0.25, -0.2) is 0 Å². The molecule has 1 unspecified atom stereocenters. The van der Waals surface area contributed by atoms with Crippen molar-refractivity contribution < 1.29 is 0 Å². The summed E-state index contributed by atoms with van der Waals surface area (Å²) in [5.74, 6) is 0. The average Bonchev–Trinajstić information content (AvgIpc) is 2.47. The molecule has 14 heavy (non-hydrogen) atoms. The molecule has 0 aromatic carbocycles. The van der Waals surface area contributed by atoms with E-state index in [4.69, 9.17) is 11.6 Å². The summed E-state index contributed by atoms with van der Waals surface area (Å²) in [6.45, 7) is 9.33. The minimum Gasteiger partial charge on any atom is -0.311 e. The molecular formula is C10H16ClN3. The highest BCUT2D eigenvalue weighted by Gasteiger charge is 2.07. The second kappa shape index (κ2) is 5.17. The van der Waals surface area contributed by atoms with Crippen LogP contribution in [0.15, 0.2) is 18.9 Å². The zero-order valence-corrected chi connectivity index (χ0v) is 9.38. The molecule has 3 nitrogen and oxygen atoms in total. The predicted molar refractivity (Wildman–Crippen MR) is 59.8 cm³/mol. The third kappa shape index (κ3) is 2.86. The molecule has 0 bridgehead atoms. The normalized spacial score (nSPS) is 12.8. The Morgan fingerprint density at radius 2 is 2.50 bits per heavy atom. The van der Waals surface area contributed by atoms with Gasteiger partial charge in [0.2, 0.25) is 0 Å². The van der Waals surface area contributed by atoms with Gasteiger partial charge in [0.1, 0.15) is 0 Å². The highest BCUT2D eigenvalue weighted by atomic mass is 35.5. The molecule has 1 aromatic heterocycles. The maximum atomic E-state index is 5.91. The number of aryl methyl sites for hydroxylation is 1. The summed E-state index contributed by atoms with van der Waals surface area (Å²) in [6, 6.07) is 0.307. The fourth-order valence-corrected chi connectivity index (χ4v) is 1.31. The molecule has 1 atom stereocenters. The molecule has 0 aliphatic rings. The smallest absolute Gasteiger partial charge is 0.0815 e. The molecule has 0 fully saturated rings. The van der Waals surface area contributed by atoms with Crippen LogP contribution in [-0.4, -0.2) is 22.9 Å². The Hall–Kier alpha value is -0.800. The van der Waals surface area contributed by atoms with Gasteiger partial charge in [-0.2, -0.15) is 5.10 Å². The molecule has 4 heteroatoms. The van der Waals surface area contributed by atoms with Gasteiger partial charge in [0.05, 0.1) is 16.8 Å². The fourth-order valence-electron chi connectivity index (χ4n) is 1.17. The van der Waals surface area contributed by atoms with Gasteiger partial charge in [-0.15, -0.1) is 6.58 Å². The van der Waals surface area contributed by atoms with Crippen LogP contribution in [0.3, 0.4) is 0 Å². The van der Waals surface area contributed by atoms with Crippen LogP contribution in [0.2, 0.25) is 5.02 Å². The average molecular weight is 214 g/mol. The first-order valence-corrected chi connectivity index (χ1v) is 5.05. The Labute approximate surface area is 89.8 Å². The van der Waals surface area contributed by atoms with E-state index in [9.17, 15) is 0 Å². The maximum Gasteiger partial charge on any atom is 0.0815 e. The van der Waals surface area contributed by atoms with Crippen molar-refractivity contribution in [3.05, 3.63) is 29.6 Å². The zero-order chi connectivity index (χ0) is 10.6. The lowest BCUT2D eigenvalue weighted by atomic mass is 10.3. The number of hydrogen-bond acceptors (Lipinski definition) is 2. The second-order valence-corrected chi connectivity index (χ2v) is 3.75. The van der Waals surface area contributed by atoms with Gasteiger partial charge in [0, 0.05) is 19.3 Å². The van der Waals surface area contributed by atoms with E-state index < -0.39 is 0 Å². The van der Waals surface area contributed by atoms with Crippen molar-refractivity contribution in [3.63, 3.8) is 0 Å². The first-order chi connectivity index (χ1) is 6.65. The lowest BCUT2D eigenvalue weighted by molar-refractivity contribution is 0.462. The number of halogens is 1. The number of aromatic nitrogens is 2. The van der Waals surface area contributed by atoms with Gasteiger partial charge in [-0.3, -0.25) is 4.68 Å². The molecule has 0 aliphatic carbocycles. The SMILES string of the molecule is C=CCNCC(C)n1cc(Cl)c(C)n1. The van der Waals surface area contributed by atoms with Crippen molar-refractivity contribution in [2.75, 3.05) is 13.1 Å². The minimum absolute atomic E-state index is 0.307. The third-order valence-corrected chi connectivity index (χ3v) is 2.41. The molecule has 0 amide bonds. The van der Waals surface area contributed by atoms with Crippen molar-refractivity contribution in [2.45, 2.75) is 19.9 Å². The summed E-state index contributed by atoms with van der Waals surface area (Å²) in [7, 11) is 0. The van der Waals surface area contributed by atoms with Crippen molar-refractivity contribution in [1.29, 1.82) is 0 Å². The van der Waals surface area contributed by atoms with Crippen molar-refractivity contribution >= 4 is 11.6 Å². The van der Waals surface area contributed by atoms with Gasteiger partial charge in [-0.1, -0.05) is 17.7 Å². The van der Waals surface area contributed by atoms with Gasteiger partial charge < -0.3 is 5.32 Å². The summed E-state index contributed by atoms with van der Waals surface area (Å²) < 4.78 is 1.88. The Morgan fingerprint density at radius 3 is 3.00 bits per heavy atom. The first kappa shape index (κ1) is 11.3. The molecule has 0 radical (unpaired) electrons. The van der Waals surface area contributed by atoms with Crippen LogP contribution in [-0.2, 0) is 0 Å². The Balaban J connectivity index is 2.51. The number of nitrogens with one attached hydrogen (secondary N) is 1. The number of nitrogens with zero attached hydrogens (tertiary/aromatic N) is 2. The van der Waals surface area contributed by atoms with Crippen molar-refractivity contribution in [2.24, 2.45) is 0 Å². The molecule has 1 N–H and O–H groups in total. The van der Waals surface area contributed by atoms with Gasteiger partial charge in [0.15, 0.2) is 0 Å². The van der Waals surface area contributed by atoms with E-state index in [1.165, 1.54) is 0 Å². The van der Waals surface area contributed by atoms with Crippen LogP contribution < -0.4 is 5.32 Å². The van der Waals surface area contributed by atoms with Crippen LogP contribution in [0.25, 0.3) is 0 Å². The molecule has 78 valence electrons. The van der Waals surface area contributed by atoms with Crippen LogP contribution in [0.1, 0.15) is 18.7 Å².